The van der Waals surface area contributed by atoms with Crippen LogP contribution in [0.3, 0.4) is 0 Å². The Bertz CT molecular complexity index is 358. The highest BCUT2D eigenvalue weighted by Gasteiger charge is 2.12. The highest BCUT2D eigenvalue weighted by Crippen LogP contribution is 2.16. The van der Waals surface area contributed by atoms with Crippen LogP contribution in [-0.4, -0.2) is 18.9 Å². The third-order valence-corrected chi connectivity index (χ3v) is 2.74. The van der Waals surface area contributed by atoms with Crippen molar-refractivity contribution in [1.29, 1.82) is 0 Å². The Hall–Kier alpha value is -1.31. The first-order chi connectivity index (χ1) is 7.54. The number of carbonyl (C=O) groups is 1. The van der Waals surface area contributed by atoms with Gasteiger partial charge in [-0.2, -0.15) is 0 Å². The molecule has 0 aromatic heterocycles. The van der Waals surface area contributed by atoms with E-state index in [0.29, 0.717) is 12.3 Å². The molecule has 0 aliphatic carbocycles. The summed E-state index contributed by atoms with van der Waals surface area (Å²) in [6, 6.07) is 8.29. The number of hydrogen-bond acceptors (Lipinski definition) is 2. The number of nitrogens with zero attached hydrogens (tertiary/aromatic N) is 1. The van der Waals surface area contributed by atoms with Crippen LogP contribution >= 0.6 is 0 Å². The fraction of sp³-hybridized carbons (Fsp3) is 0.500. The Morgan fingerprint density at radius 2 is 2.06 bits per heavy atom. The number of aryl methyl sites for hydroxylation is 1. The van der Waals surface area contributed by atoms with Crippen molar-refractivity contribution < 1.29 is 4.79 Å². The number of likely N-dealkylation sites (N-methyl/N-ethyl adjacent to an activating group) is 1. The third kappa shape index (κ3) is 3.37. The molecule has 2 heteroatoms. The zero-order valence-electron chi connectivity index (χ0n) is 10.7. The predicted octanol–water partition coefficient (Wildman–Crippen LogP) is 3.05. The largest absolute Gasteiger partial charge is 0.364 e. The minimum atomic E-state index is 0.110. The molecule has 1 aromatic carbocycles. The highest BCUT2D eigenvalue weighted by atomic mass is 16.1. The predicted molar refractivity (Wildman–Crippen MR) is 68.9 cm³/mol. The summed E-state index contributed by atoms with van der Waals surface area (Å²) in [5.41, 5.74) is 2.37. The molecule has 2 nitrogen and oxygen atoms in total. The van der Waals surface area contributed by atoms with Gasteiger partial charge < -0.3 is 4.90 Å². The number of rotatable bonds is 5. The van der Waals surface area contributed by atoms with Gasteiger partial charge in [-0.25, -0.2) is 0 Å². The molecule has 0 aliphatic heterocycles. The van der Waals surface area contributed by atoms with E-state index in [1.807, 2.05) is 19.9 Å². The summed E-state index contributed by atoms with van der Waals surface area (Å²) in [6.07, 6.45) is 0. The average Bonchev–Trinajstić information content (AvgIpc) is 2.25. The van der Waals surface area contributed by atoms with Gasteiger partial charge in [0.2, 0.25) is 0 Å². The van der Waals surface area contributed by atoms with Crippen LogP contribution < -0.4 is 4.90 Å². The van der Waals surface area contributed by atoms with Crippen LogP contribution in [0.25, 0.3) is 0 Å². The van der Waals surface area contributed by atoms with E-state index in [1.165, 1.54) is 5.56 Å². The van der Waals surface area contributed by atoms with E-state index in [9.17, 15) is 4.79 Å². The van der Waals surface area contributed by atoms with E-state index in [1.54, 1.807) is 0 Å². The van der Waals surface area contributed by atoms with E-state index in [2.05, 4.69) is 36.9 Å². The van der Waals surface area contributed by atoms with E-state index >= 15 is 0 Å². The SMILES string of the molecule is CCN(CC(=O)C(C)C)c1cccc(C)c1. The molecule has 0 spiro atoms. The first kappa shape index (κ1) is 12.8. The Kier molecular flexibility index (Phi) is 4.53. The second-order valence-electron chi connectivity index (χ2n) is 4.47. The van der Waals surface area contributed by atoms with Crippen molar-refractivity contribution in [3.05, 3.63) is 29.8 Å². The lowest BCUT2D eigenvalue weighted by Gasteiger charge is -2.23. The molecule has 16 heavy (non-hydrogen) atoms. The molecule has 0 atom stereocenters. The molecule has 1 aromatic rings. The van der Waals surface area contributed by atoms with Crippen LogP contribution in [0, 0.1) is 12.8 Å². The molecule has 0 saturated heterocycles. The molecule has 0 N–H and O–H groups in total. The first-order valence-corrected chi connectivity index (χ1v) is 5.89. The molecule has 0 bridgehead atoms. The summed E-state index contributed by atoms with van der Waals surface area (Å²) in [5.74, 6) is 0.405. The van der Waals surface area contributed by atoms with Gasteiger partial charge in [0.05, 0.1) is 6.54 Å². The van der Waals surface area contributed by atoms with E-state index in [-0.39, 0.29) is 5.92 Å². The molecule has 0 amide bonds. The lowest BCUT2D eigenvalue weighted by Crippen LogP contribution is -2.31. The van der Waals surface area contributed by atoms with E-state index in [0.717, 1.165) is 12.2 Å². The van der Waals surface area contributed by atoms with Crippen LogP contribution in [0.2, 0.25) is 0 Å². The summed E-state index contributed by atoms with van der Waals surface area (Å²) in [5, 5.41) is 0. The van der Waals surface area contributed by atoms with Crippen molar-refractivity contribution in [1.82, 2.24) is 0 Å². The van der Waals surface area contributed by atoms with Gasteiger partial charge in [-0.3, -0.25) is 4.79 Å². The monoisotopic (exact) mass is 219 g/mol. The quantitative estimate of drug-likeness (QED) is 0.758. The summed E-state index contributed by atoms with van der Waals surface area (Å²) < 4.78 is 0. The lowest BCUT2D eigenvalue weighted by atomic mass is 10.1. The molecular weight excluding hydrogens is 198 g/mol. The second kappa shape index (κ2) is 5.69. The van der Waals surface area contributed by atoms with Gasteiger partial charge in [-0.05, 0) is 31.5 Å². The minimum absolute atomic E-state index is 0.110. The topological polar surface area (TPSA) is 20.3 Å². The van der Waals surface area contributed by atoms with Gasteiger partial charge in [0.25, 0.3) is 0 Å². The molecule has 0 unspecified atom stereocenters. The summed E-state index contributed by atoms with van der Waals surface area (Å²) in [7, 11) is 0. The number of anilines is 1. The Morgan fingerprint density at radius 1 is 1.38 bits per heavy atom. The van der Waals surface area contributed by atoms with Crippen LogP contribution in [0.4, 0.5) is 5.69 Å². The molecule has 0 fully saturated rings. The highest BCUT2D eigenvalue weighted by molar-refractivity contribution is 5.85. The molecule has 0 heterocycles. The molecule has 0 saturated carbocycles. The number of hydrogen-bond donors (Lipinski definition) is 0. The fourth-order valence-electron chi connectivity index (χ4n) is 1.58. The van der Waals surface area contributed by atoms with Crippen LogP contribution in [0.15, 0.2) is 24.3 Å². The number of ketones is 1. The number of carbonyl (C=O) groups excluding carboxylic acids is 1. The van der Waals surface area contributed by atoms with Gasteiger partial charge in [0.1, 0.15) is 0 Å². The standard InChI is InChI=1S/C14H21NO/c1-5-15(10-14(16)11(2)3)13-8-6-7-12(4)9-13/h6-9,11H,5,10H2,1-4H3. The van der Waals surface area contributed by atoms with Gasteiger partial charge in [0, 0.05) is 18.2 Å². The summed E-state index contributed by atoms with van der Waals surface area (Å²) >= 11 is 0. The molecular formula is C14H21NO. The maximum atomic E-state index is 11.7. The third-order valence-electron chi connectivity index (χ3n) is 2.74. The maximum absolute atomic E-state index is 11.7. The Labute approximate surface area is 98.3 Å². The number of Topliss-reactive ketones (excluding diaryl/α,β-unsaturated/α-hetero) is 1. The normalized spacial score (nSPS) is 10.6. The molecule has 88 valence electrons. The molecule has 0 radical (unpaired) electrons. The fourth-order valence-corrected chi connectivity index (χ4v) is 1.58. The zero-order valence-corrected chi connectivity index (χ0v) is 10.7. The first-order valence-electron chi connectivity index (χ1n) is 5.89. The van der Waals surface area contributed by atoms with Gasteiger partial charge in [-0.1, -0.05) is 26.0 Å². The van der Waals surface area contributed by atoms with E-state index in [4.69, 9.17) is 0 Å². The number of benzene rings is 1. The van der Waals surface area contributed by atoms with Crippen molar-refractivity contribution in [2.24, 2.45) is 5.92 Å². The summed E-state index contributed by atoms with van der Waals surface area (Å²) in [4.78, 5) is 13.8. The van der Waals surface area contributed by atoms with Crippen molar-refractivity contribution >= 4 is 11.5 Å². The Morgan fingerprint density at radius 3 is 2.56 bits per heavy atom. The van der Waals surface area contributed by atoms with Crippen LogP contribution in [0.1, 0.15) is 26.3 Å². The van der Waals surface area contributed by atoms with Gasteiger partial charge in [-0.15, -0.1) is 0 Å². The van der Waals surface area contributed by atoms with Gasteiger partial charge in [0.15, 0.2) is 5.78 Å². The van der Waals surface area contributed by atoms with Crippen LogP contribution in [0.5, 0.6) is 0 Å². The smallest absolute Gasteiger partial charge is 0.154 e. The zero-order chi connectivity index (χ0) is 12.1. The van der Waals surface area contributed by atoms with E-state index < -0.39 is 0 Å². The van der Waals surface area contributed by atoms with Crippen molar-refractivity contribution in [2.75, 3.05) is 18.0 Å². The Balaban J connectivity index is 2.78. The van der Waals surface area contributed by atoms with Crippen molar-refractivity contribution in [3.8, 4) is 0 Å². The van der Waals surface area contributed by atoms with Crippen LogP contribution in [-0.2, 0) is 4.79 Å². The average molecular weight is 219 g/mol. The van der Waals surface area contributed by atoms with Crippen molar-refractivity contribution in [2.45, 2.75) is 27.7 Å². The molecule has 0 aliphatic rings. The second-order valence-corrected chi connectivity index (χ2v) is 4.47. The lowest BCUT2D eigenvalue weighted by molar-refractivity contribution is -0.120. The molecule has 1 rings (SSSR count). The summed E-state index contributed by atoms with van der Waals surface area (Å²) in [6.45, 7) is 9.43. The van der Waals surface area contributed by atoms with Crippen molar-refractivity contribution in [3.63, 3.8) is 0 Å². The van der Waals surface area contributed by atoms with Gasteiger partial charge >= 0.3 is 0 Å². The maximum Gasteiger partial charge on any atom is 0.154 e. The minimum Gasteiger partial charge on any atom is -0.364 e.